The first kappa shape index (κ1) is 21.2. The van der Waals surface area contributed by atoms with E-state index in [1.807, 2.05) is 18.2 Å². The highest BCUT2D eigenvalue weighted by molar-refractivity contribution is 7.90. The molecule has 32 heavy (non-hydrogen) atoms. The van der Waals surface area contributed by atoms with E-state index in [1.165, 1.54) is 36.1 Å². The summed E-state index contributed by atoms with van der Waals surface area (Å²) in [7, 11) is -3.77. The Hall–Kier alpha value is -2.70. The molecule has 2 aromatic carbocycles. The Balaban J connectivity index is 1.62. The van der Waals surface area contributed by atoms with Gasteiger partial charge in [-0.1, -0.05) is 80.1 Å². The molecule has 1 saturated carbocycles. The average molecular weight is 466 g/mol. The zero-order valence-electron chi connectivity index (χ0n) is 17.6. The van der Waals surface area contributed by atoms with E-state index in [0.29, 0.717) is 27.7 Å². The number of hydrogen-bond acceptors (Lipinski definition) is 4. The maximum absolute atomic E-state index is 13.4. The normalized spacial score (nSPS) is 15.3. The number of aromatic nitrogens is 3. The Labute approximate surface area is 193 Å². The molecule has 0 atom stereocenters. The van der Waals surface area contributed by atoms with Crippen molar-refractivity contribution in [2.45, 2.75) is 43.4 Å². The first-order valence-corrected chi connectivity index (χ1v) is 12.8. The molecule has 0 radical (unpaired) electrons. The van der Waals surface area contributed by atoms with Gasteiger partial charge in [-0.25, -0.2) is 22.4 Å². The minimum atomic E-state index is -3.77. The zero-order chi connectivity index (χ0) is 22.1. The van der Waals surface area contributed by atoms with Gasteiger partial charge >= 0.3 is 0 Å². The fraction of sp³-hybridized carbons (Fsp3) is 0.280. The van der Waals surface area contributed by atoms with Gasteiger partial charge in [0.2, 0.25) is 0 Å². The molecule has 0 aliphatic heterocycles. The maximum Gasteiger partial charge on any atom is 0.268 e. The fourth-order valence-corrected chi connectivity index (χ4v) is 6.17. The van der Waals surface area contributed by atoms with Crippen LogP contribution in [0.15, 0.2) is 71.9 Å². The summed E-state index contributed by atoms with van der Waals surface area (Å²) in [4.78, 5) is 9.51. The molecule has 164 valence electrons. The van der Waals surface area contributed by atoms with E-state index in [2.05, 4.69) is 4.98 Å². The van der Waals surface area contributed by atoms with E-state index < -0.39 is 10.0 Å². The number of para-hydroxylation sites is 1. The van der Waals surface area contributed by atoms with Gasteiger partial charge in [0.25, 0.3) is 10.0 Å². The molecule has 0 spiro atoms. The fourth-order valence-electron chi connectivity index (χ4n) is 4.58. The highest BCUT2D eigenvalue weighted by Gasteiger charge is 2.24. The Kier molecular flexibility index (Phi) is 5.74. The molecule has 5 rings (SSSR count). The molecular weight excluding hydrogens is 442 g/mol. The summed E-state index contributed by atoms with van der Waals surface area (Å²) in [5.41, 5.74) is 1.86. The SMILES string of the molecule is O=S(=O)(c1ccccc1)n1cc(-c2nc(CC3CCCCC3)ncc2Cl)c2ccccc21. The third kappa shape index (κ3) is 3.93. The zero-order valence-corrected chi connectivity index (χ0v) is 19.2. The third-order valence-corrected chi connectivity index (χ3v) is 8.19. The van der Waals surface area contributed by atoms with Gasteiger partial charge in [0.1, 0.15) is 5.82 Å². The number of fused-ring (bicyclic) bond motifs is 1. The molecule has 7 heteroatoms. The Morgan fingerprint density at radius 3 is 2.47 bits per heavy atom. The molecule has 2 aromatic heterocycles. The number of halogens is 1. The van der Waals surface area contributed by atoms with Crippen molar-refractivity contribution in [2.75, 3.05) is 0 Å². The molecular formula is C25H24ClN3O2S. The lowest BCUT2D eigenvalue weighted by Crippen LogP contribution is -2.12. The van der Waals surface area contributed by atoms with E-state index in [9.17, 15) is 8.42 Å². The summed E-state index contributed by atoms with van der Waals surface area (Å²) in [5, 5.41) is 1.20. The first-order chi connectivity index (χ1) is 15.5. The highest BCUT2D eigenvalue weighted by Crippen LogP contribution is 2.36. The monoisotopic (exact) mass is 465 g/mol. The van der Waals surface area contributed by atoms with Crippen molar-refractivity contribution >= 4 is 32.5 Å². The second kappa shape index (κ2) is 8.68. The molecule has 5 nitrogen and oxygen atoms in total. The van der Waals surface area contributed by atoms with Crippen molar-refractivity contribution in [1.29, 1.82) is 0 Å². The van der Waals surface area contributed by atoms with Crippen LogP contribution in [0.4, 0.5) is 0 Å². The molecule has 0 N–H and O–H groups in total. The first-order valence-electron chi connectivity index (χ1n) is 11.0. The average Bonchev–Trinajstić information content (AvgIpc) is 3.22. The van der Waals surface area contributed by atoms with Gasteiger partial charge in [0.15, 0.2) is 0 Å². The lowest BCUT2D eigenvalue weighted by molar-refractivity contribution is 0.351. The molecule has 0 amide bonds. The van der Waals surface area contributed by atoms with Crippen LogP contribution in [0.5, 0.6) is 0 Å². The van der Waals surface area contributed by atoms with E-state index in [-0.39, 0.29) is 4.90 Å². The topological polar surface area (TPSA) is 64.8 Å². The van der Waals surface area contributed by atoms with E-state index >= 15 is 0 Å². The quantitative estimate of drug-likeness (QED) is 0.356. The number of benzene rings is 2. The number of rotatable bonds is 5. The Morgan fingerprint density at radius 2 is 1.69 bits per heavy atom. The van der Waals surface area contributed by atoms with Crippen molar-refractivity contribution < 1.29 is 8.42 Å². The van der Waals surface area contributed by atoms with Crippen LogP contribution < -0.4 is 0 Å². The van der Waals surface area contributed by atoms with E-state index in [4.69, 9.17) is 16.6 Å². The van der Waals surface area contributed by atoms with Crippen LogP contribution in [0.2, 0.25) is 5.02 Å². The summed E-state index contributed by atoms with van der Waals surface area (Å²) in [5.74, 6) is 1.36. The summed E-state index contributed by atoms with van der Waals surface area (Å²) < 4.78 is 28.1. The smallest absolute Gasteiger partial charge is 0.240 e. The Bertz CT molecular complexity index is 1360. The van der Waals surface area contributed by atoms with Crippen LogP contribution in [-0.2, 0) is 16.4 Å². The predicted octanol–water partition coefficient (Wildman–Crippen LogP) is 6.11. The van der Waals surface area contributed by atoms with Crippen molar-refractivity contribution in [1.82, 2.24) is 13.9 Å². The molecule has 0 unspecified atom stereocenters. The lowest BCUT2D eigenvalue weighted by atomic mass is 9.87. The van der Waals surface area contributed by atoms with Crippen LogP contribution in [0, 0.1) is 5.92 Å². The second-order valence-electron chi connectivity index (χ2n) is 8.36. The number of nitrogens with zero attached hydrogens (tertiary/aromatic N) is 3. The van der Waals surface area contributed by atoms with Gasteiger partial charge in [0, 0.05) is 29.8 Å². The van der Waals surface area contributed by atoms with E-state index in [1.54, 1.807) is 48.8 Å². The van der Waals surface area contributed by atoms with Crippen LogP contribution in [0.3, 0.4) is 0 Å². The van der Waals surface area contributed by atoms with Gasteiger partial charge < -0.3 is 0 Å². The molecule has 0 saturated heterocycles. The van der Waals surface area contributed by atoms with Crippen molar-refractivity contribution in [3.63, 3.8) is 0 Å². The summed E-state index contributed by atoms with van der Waals surface area (Å²) in [6.45, 7) is 0. The molecule has 0 bridgehead atoms. The van der Waals surface area contributed by atoms with E-state index in [0.717, 1.165) is 17.6 Å². The third-order valence-electron chi connectivity index (χ3n) is 6.22. The Morgan fingerprint density at radius 1 is 0.969 bits per heavy atom. The van der Waals surface area contributed by atoms with Gasteiger partial charge in [-0.15, -0.1) is 0 Å². The standard InChI is InChI=1S/C25H24ClN3O2S/c26-22-16-27-24(15-18-9-3-1-4-10-18)28-25(22)21-17-29(23-14-8-7-13-20(21)23)32(30,31)19-11-5-2-6-12-19/h2,5-8,11-14,16-18H,1,3-4,9-10,15H2. The van der Waals surface area contributed by atoms with Gasteiger partial charge in [-0.05, 0) is 24.1 Å². The van der Waals surface area contributed by atoms with Crippen LogP contribution >= 0.6 is 11.6 Å². The highest BCUT2D eigenvalue weighted by atomic mass is 35.5. The number of hydrogen-bond donors (Lipinski definition) is 0. The lowest BCUT2D eigenvalue weighted by Gasteiger charge is -2.20. The second-order valence-corrected chi connectivity index (χ2v) is 10.6. The van der Waals surface area contributed by atoms with Gasteiger partial charge in [0.05, 0.1) is 21.1 Å². The maximum atomic E-state index is 13.4. The minimum Gasteiger partial charge on any atom is -0.240 e. The van der Waals surface area contributed by atoms with Gasteiger partial charge in [-0.2, -0.15) is 0 Å². The van der Waals surface area contributed by atoms with Crippen molar-refractivity contribution in [3.8, 4) is 11.3 Å². The molecule has 1 aliphatic rings. The van der Waals surface area contributed by atoms with Gasteiger partial charge in [-0.3, -0.25) is 0 Å². The molecule has 2 heterocycles. The summed E-state index contributed by atoms with van der Waals surface area (Å²) in [6.07, 6.45) is 10.3. The van der Waals surface area contributed by atoms with Crippen LogP contribution in [0.25, 0.3) is 22.2 Å². The van der Waals surface area contributed by atoms with Crippen molar-refractivity contribution in [3.05, 3.63) is 77.8 Å². The van der Waals surface area contributed by atoms with Crippen LogP contribution in [-0.4, -0.2) is 22.4 Å². The largest absolute Gasteiger partial charge is 0.268 e. The summed E-state index contributed by atoms with van der Waals surface area (Å²) in [6, 6.07) is 15.9. The molecule has 1 aliphatic carbocycles. The summed E-state index contributed by atoms with van der Waals surface area (Å²) >= 11 is 6.53. The van der Waals surface area contributed by atoms with Crippen LogP contribution in [0.1, 0.15) is 37.9 Å². The predicted molar refractivity (Wildman–Crippen MR) is 127 cm³/mol. The van der Waals surface area contributed by atoms with Crippen molar-refractivity contribution in [2.24, 2.45) is 5.92 Å². The molecule has 4 aromatic rings. The minimum absolute atomic E-state index is 0.235. The molecule has 1 fully saturated rings.